The van der Waals surface area contributed by atoms with Crippen LogP contribution in [-0.2, 0) is 6.18 Å². The molecule has 0 radical (unpaired) electrons. The molecule has 14 heavy (non-hydrogen) atoms. The second-order valence-electron chi connectivity index (χ2n) is 2.57. The molecule has 1 aromatic rings. The van der Waals surface area contributed by atoms with Crippen LogP contribution in [-0.4, -0.2) is 7.11 Å². The summed E-state index contributed by atoms with van der Waals surface area (Å²) >= 11 is 1.74. The predicted molar refractivity (Wildman–Crippen MR) is 55.1 cm³/mol. The van der Waals surface area contributed by atoms with Crippen molar-refractivity contribution in [1.29, 1.82) is 0 Å². The number of nitrogen functional groups attached to an aromatic ring is 1. The number of ether oxygens (including phenoxy) is 1. The molecule has 0 aliphatic carbocycles. The van der Waals surface area contributed by atoms with Crippen LogP contribution >= 0.6 is 22.6 Å². The van der Waals surface area contributed by atoms with E-state index >= 15 is 0 Å². The van der Waals surface area contributed by atoms with Gasteiger partial charge in [0.2, 0.25) is 0 Å². The molecule has 0 saturated carbocycles. The molecule has 78 valence electrons. The highest BCUT2D eigenvalue weighted by molar-refractivity contribution is 14.1. The number of alkyl halides is 3. The molecule has 0 spiro atoms. The molecule has 0 aliphatic heterocycles. The lowest BCUT2D eigenvalue weighted by molar-refractivity contribution is -0.138. The van der Waals surface area contributed by atoms with E-state index in [9.17, 15) is 13.2 Å². The number of nitrogens with two attached hydrogens (primary N) is 1. The number of benzene rings is 1. The molecule has 0 atom stereocenters. The maximum atomic E-state index is 12.4. The SMILES string of the molecule is COc1cc(N)c(I)cc1C(F)(F)F. The molecule has 2 nitrogen and oxygen atoms in total. The summed E-state index contributed by atoms with van der Waals surface area (Å²) < 4.78 is 42.2. The van der Waals surface area contributed by atoms with Crippen molar-refractivity contribution in [2.45, 2.75) is 6.18 Å². The highest BCUT2D eigenvalue weighted by Gasteiger charge is 2.34. The van der Waals surface area contributed by atoms with Crippen molar-refractivity contribution >= 4 is 28.3 Å². The molecule has 0 unspecified atom stereocenters. The Morgan fingerprint density at radius 1 is 1.36 bits per heavy atom. The zero-order valence-electron chi connectivity index (χ0n) is 7.15. The van der Waals surface area contributed by atoms with E-state index in [2.05, 4.69) is 4.74 Å². The molecule has 0 amide bonds. The molecule has 0 fully saturated rings. The molecular weight excluding hydrogens is 310 g/mol. The highest BCUT2D eigenvalue weighted by atomic mass is 127. The molecule has 1 aromatic carbocycles. The van der Waals surface area contributed by atoms with Gasteiger partial charge in [0.1, 0.15) is 5.75 Å². The first-order chi connectivity index (χ1) is 6.36. The summed E-state index contributed by atoms with van der Waals surface area (Å²) in [4.78, 5) is 0. The average Bonchev–Trinajstić information content (AvgIpc) is 2.07. The normalized spacial score (nSPS) is 11.5. The zero-order valence-corrected chi connectivity index (χ0v) is 9.31. The van der Waals surface area contributed by atoms with Gasteiger partial charge in [0.15, 0.2) is 0 Å². The van der Waals surface area contributed by atoms with E-state index in [0.717, 1.165) is 6.07 Å². The van der Waals surface area contributed by atoms with Gasteiger partial charge in [-0.05, 0) is 28.7 Å². The lowest BCUT2D eigenvalue weighted by Crippen LogP contribution is -2.08. The van der Waals surface area contributed by atoms with E-state index in [1.54, 1.807) is 22.6 Å². The van der Waals surface area contributed by atoms with Gasteiger partial charge in [-0.2, -0.15) is 13.2 Å². The molecular formula is C8H7F3INO. The molecule has 0 bridgehead atoms. The number of methoxy groups -OCH3 is 1. The number of halogens is 4. The first kappa shape index (κ1) is 11.4. The monoisotopic (exact) mass is 317 g/mol. The maximum absolute atomic E-state index is 12.4. The fourth-order valence-electron chi connectivity index (χ4n) is 0.960. The van der Waals surface area contributed by atoms with E-state index in [0.29, 0.717) is 3.57 Å². The Kier molecular flexibility index (Phi) is 3.13. The summed E-state index contributed by atoms with van der Waals surface area (Å²) in [5, 5.41) is 0. The molecule has 0 aromatic heterocycles. The van der Waals surface area contributed by atoms with Gasteiger partial charge in [-0.3, -0.25) is 0 Å². The number of anilines is 1. The second-order valence-corrected chi connectivity index (χ2v) is 3.73. The summed E-state index contributed by atoms with van der Waals surface area (Å²) in [6.07, 6.45) is -4.42. The van der Waals surface area contributed by atoms with Gasteiger partial charge in [0.05, 0.1) is 12.7 Å². The Balaban J connectivity index is 3.35. The highest BCUT2D eigenvalue weighted by Crippen LogP contribution is 2.38. The summed E-state index contributed by atoms with van der Waals surface area (Å²) in [5.41, 5.74) is 4.92. The fourth-order valence-corrected chi connectivity index (χ4v) is 1.43. The minimum absolute atomic E-state index is 0.254. The minimum atomic E-state index is -4.42. The maximum Gasteiger partial charge on any atom is 0.420 e. The van der Waals surface area contributed by atoms with Crippen LogP contribution < -0.4 is 10.5 Å². The zero-order chi connectivity index (χ0) is 10.9. The van der Waals surface area contributed by atoms with Crippen LogP contribution in [0.4, 0.5) is 18.9 Å². The van der Waals surface area contributed by atoms with E-state index in [1.165, 1.54) is 13.2 Å². The van der Waals surface area contributed by atoms with Crippen LogP contribution in [0.25, 0.3) is 0 Å². The topological polar surface area (TPSA) is 35.2 Å². The molecule has 2 N–H and O–H groups in total. The predicted octanol–water partition coefficient (Wildman–Crippen LogP) is 2.90. The van der Waals surface area contributed by atoms with Gasteiger partial charge in [0.25, 0.3) is 0 Å². The average molecular weight is 317 g/mol. The van der Waals surface area contributed by atoms with Crippen LogP contribution in [0.15, 0.2) is 12.1 Å². The summed E-state index contributed by atoms with van der Waals surface area (Å²) in [6, 6.07) is 2.14. The Hall–Kier alpha value is -0.660. The van der Waals surface area contributed by atoms with E-state index < -0.39 is 11.7 Å². The van der Waals surface area contributed by atoms with Gasteiger partial charge in [-0.25, -0.2) is 0 Å². The van der Waals surface area contributed by atoms with E-state index in [1.807, 2.05) is 0 Å². The van der Waals surface area contributed by atoms with Crippen molar-refractivity contribution in [2.24, 2.45) is 0 Å². The van der Waals surface area contributed by atoms with Gasteiger partial charge >= 0.3 is 6.18 Å². The third kappa shape index (κ3) is 2.23. The third-order valence-electron chi connectivity index (χ3n) is 1.62. The number of hydrogen-bond donors (Lipinski definition) is 1. The number of rotatable bonds is 1. The first-order valence-corrected chi connectivity index (χ1v) is 4.64. The van der Waals surface area contributed by atoms with Gasteiger partial charge in [-0.15, -0.1) is 0 Å². The minimum Gasteiger partial charge on any atom is -0.496 e. The largest absolute Gasteiger partial charge is 0.496 e. The van der Waals surface area contributed by atoms with E-state index in [-0.39, 0.29) is 11.4 Å². The van der Waals surface area contributed by atoms with E-state index in [4.69, 9.17) is 5.73 Å². The summed E-state index contributed by atoms with van der Waals surface area (Å²) in [6.45, 7) is 0. The van der Waals surface area contributed by atoms with Crippen molar-refractivity contribution in [3.05, 3.63) is 21.3 Å². The smallest absolute Gasteiger partial charge is 0.420 e. The van der Waals surface area contributed by atoms with Gasteiger partial charge in [-0.1, -0.05) is 0 Å². The van der Waals surface area contributed by atoms with Crippen LogP contribution in [0, 0.1) is 3.57 Å². The Morgan fingerprint density at radius 2 is 1.93 bits per heavy atom. The van der Waals surface area contributed by atoms with Crippen LogP contribution in [0.1, 0.15) is 5.56 Å². The third-order valence-corrected chi connectivity index (χ3v) is 2.56. The second kappa shape index (κ2) is 3.84. The molecule has 6 heteroatoms. The molecule has 0 saturated heterocycles. The van der Waals surface area contributed by atoms with Crippen molar-refractivity contribution in [3.8, 4) is 5.75 Å². The standard InChI is InChI=1S/C8H7F3INO/c1-14-7-3-6(13)5(12)2-4(7)8(9,10)11/h2-3H,13H2,1H3. The summed E-state index contributed by atoms with van der Waals surface area (Å²) in [7, 11) is 1.18. The van der Waals surface area contributed by atoms with Crippen molar-refractivity contribution in [3.63, 3.8) is 0 Å². The van der Waals surface area contributed by atoms with Crippen molar-refractivity contribution in [2.75, 3.05) is 12.8 Å². The van der Waals surface area contributed by atoms with Gasteiger partial charge < -0.3 is 10.5 Å². The van der Waals surface area contributed by atoms with Crippen molar-refractivity contribution in [1.82, 2.24) is 0 Å². The van der Waals surface area contributed by atoms with Gasteiger partial charge in [0, 0.05) is 15.3 Å². The number of hydrogen-bond acceptors (Lipinski definition) is 2. The quantitative estimate of drug-likeness (QED) is 0.638. The Morgan fingerprint density at radius 3 is 2.36 bits per heavy atom. The molecule has 1 rings (SSSR count). The fraction of sp³-hybridized carbons (Fsp3) is 0.250. The van der Waals surface area contributed by atoms with Crippen molar-refractivity contribution < 1.29 is 17.9 Å². The lowest BCUT2D eigenvalue weighted by Gasteiger charge is -2.13. The van der Waals surface area contributed by atoms with Crippen LogP contribution in [0.3, 0.4) is 0 Å². The Labute approximate surface area is 92.4 Å². The molecule has 0 heterocycles. The van der Waals surface area contributed by atoms with Crippen LogP contribution in [0.5, 0.6) is 5.75 Å². The first-order valence-electron chi connectivity index (χ1n) is 3.56. The summed E-state index contributed by atoms with van der Waals surface area (Å²) in [5.74, 6) is -0.254. The Bertz CT molecular complexity index is 351. The molecule has 0 aliphatic rings. The van der Waals surface area contributed by atoms with Crippen LogP contribution in [0.2, 0.25) is 0 Å². The lowest BCUT2D eigenvalue weighted by atomic mass is 10.2.